The smallest absolute Gasteiger partial charge is 0.154 e. The average molecular weight is 346 g/mol. The maximum absolute atomic E-state index is 4.73. The Balaban J connectivity index is 1.43. The molecule has 0 radical (unpaired) electrons. The number of aromatic nitrogens is 5. The minimum absolute atomic E-state index is 0.491. The van der Waals surface area contributed by atoms with Gasteiger partial charge in [-0.1, -0.05) is 12.1 Å². The molecule has 0 unspecified atom stereocenters. The van der Waals surface area contributed by atoms with E-state index in [1.807, 2.05) is 23.8 Å². The lowest BCUT2D eigenvalue weighted by Crippen LogP contribution is -2.35. The summed E-state index contributed by atoms with van der Waals surface area (Å²) in [7, 11) is 0. The summed E-state index contributed by atoms with van der Waals surface area (Å²) in [5.41, 5.74) is 4.45. The number of aryl methyl sites for hydroxylation is 2. The molecule has 1 aromatic carbocycles. The SMILES string of the molecule is Cc1cc2c(N3CCC(n4c(C)nc5ccccc54)CC3)nccn2n1. The Morgan fingerprint density at radius 2 is 1.85 bits per heavy atom. The predicted molar refractivity (Wildman–Crippen MR) is 103 cm³/mol. The van der Waals surface area contributed by atoms with Gasteiger partial charge in [-0.25, -0.2) is 14.5 Å². The summed E-state index contributed by atoms with van der Waals surface area (Å²) < 4.78 is 4.35. The number of fused-ring (bicyclic) bond motifs is 2. The number of rotatable bonds is 2. The lowest BCUT2D eigenvalue weighted by molar-refractivity contribution is 0.397. The van der Waals surface area contributed by atoms with E-state index >= 15 is 0 Å². The van der Waals surface area contributed by atoms with Gasteiger partial charge in [0.1, 0.15) is 11.3 Å². The first-order chi connectivity index (χ1) is 12.7. The van der Waals surface area contributed by atoms with E-state index in [2.05, 4.69) is 56.8 Å². The van der Waals surface area contributed by atoms with Crippen LogP contribution < -0.4 is 4.90 Å². The van der Waals surface area contributed by atoms with Crippen LogP contribution >= 0.6 is 0 Å². The number of para-hydroxylation sites is 2. The molecule has 0 spiro atoms. The highest BCUT2D eigenvalue weighted by Crippen LogP contribution is 2.31. The lowest BCUT2D eigenvalue weighted by atomic mass is 10.0. The third-order valence-electron chi connectivity index (χ3n) is 5.39. The average Bonchev–Trinajstić information content (AvgIpc) is 3.19. The van der Waals surface area contributed by atoms with E-state index in [0.29, 0.717) is 6.04 Å². The van der Waals surface area contributed by atoms with Crippen molar-refractivity contribution in [3.8, 4) is 0 Å². The number of hydrogen-bond acceptors (Lipinski definition) is 4. The molecule has 1 saturated heterocycles. The van der Waals surface area contributed by atoms with Gasteiger partial charge in [-0.15, -0.1) is 0 Å². The van der Waals surface area contributed by atoms with E-state index in [1.54, 1.807) is 0 Å². The molecule has 4 aromatic rings. The topological polar surface area (TPSA) is 51.2 Å². The van der Waals surface area contributed by atoms with Crippen molar-refractivity contribution in [2.45, 2.75) is 32.7 Å². The van der Waals surface area contributed by atoms with Crippen molar-refractivity contribution in [1.82, 2.24) is 24.1 Å². The molecule has 1 fully saturated rings. The predicted octanol–water partition coefficient (Wildman–Crippen LogP) is 3.54. The largest absolute Gasteiger partial charge is 0.355 e. The molecule has 3 aromatic heterocycles. The van der Waals surface area contributed by atoms with Crippen molar-refractivity contribution in [3.63, 3.8) is 0 Å². The van der Waals surface area contributed by atoms with E-state index in [4.69, 9.17) is 4.98 Å². The molecule has 0 atom stereocenters. The van der Waals surface area contributed by atoms with E-state index < -0.39 is 0 Å². The van der Waals surface area contributed by atoms with Gasteiger partial charge in [0.2, 0.25) is 0 Å². The molecule has 0 N–H and O–H groups in total. The molecule has 4 heterocycles. The van der Waals surface area contributed by atoms with Crippen LogP contribution in [0.5, 0.6) is 0 Å². The second-order valence-corrected chi connectivity index (χ2v) is 7.10. The van der Waals surface area contributed by atoms with Gasteiger partial charge in [0.25, 0.3) is 0 Å². The molecule has 5 rings (SSSR count). The fraction of sp³-hybridized carbons (Fsp3) is 0.350. The van der Waals surface area contributed by atoms with Crippen LogP contribution in [0.1, 0.15) is 30.4 Å². The number of hydrogen-bond donors (Lipinski definition) is 0. The number of piperidine rings is 1. The van der Waals surface area contributed by atoms with E-state index in [-0.39, 0.29) is 0 Å². The molecular weight excluding hydrogens is 324 g/mol. The molecule has 132 valence electrons. The van der Waals surface area contributed by atoms with Gasteiger partial charge >= 0.3 is 0 Å². The van der Waals surface area contributed by atoms with Gasteiger partial charge in [-0.3, -0.25) is 0 Å². The van der Waals surface area contributed by atoms with Gasteiger partial charge in [0, 0.05) is 31.5 Å². The zero-order chi connectivity index (χ0) is 17.7. The van der Waals surface area contributed by atoms with E-state index in [1.165, 1.54) is 5.52 Å². The van der Waals surface area contributed by atoms with Crippen LogP contribution in [0.15, 0.2) is 42.7 Å². The monoisotopic (exact) mass is 346 g/mol. The summed E-state index contributed by atoms with van der Waals surface area (Å²) in [5.74, 6) is 2.15. The number of imidazole rings is 1. The molecular formula is C20H22N6. The Kier molecular flexibility index (Phi) is 3.45. The summed E-state index contributed by atoms with van der Waals surface area (Å²) in [4.78, 5) is 11.8. The molecule has 0 amide bonds. The number of benzene rings is 1. The summed E-state index contributed by atoms with van der Waals surface area (Å²) in [6.07, 6.45) is 5.95. The highest BCUT2D eigenvalue weighted by Gasteiger charge is 2.25. The Hall–Kier alpha value is -2.89. The van der Waals surface area contributed by atoms with Gasteiger partial charge in [-0.2, -0.15) is 5.10 Å². The second kappa shape index (κ2) is 5.83. The zero-order valence-corrected chi connectivity index (χ0v) is 15.1. The first-order valence-electron chi connectivity index (χ1n) is 9.20. The Labute approximate surface area is 152 Å². The van der Waals surface area contributed by atoms with Crippen molar-refractivity contribution in [3.05, 3.63) is 54.2 Å². The van der Waals surface area contributed by atoms with Crippen LogP contribution in [0.2, 0.25) is 0 Å². The normalized spacial score (nSPS) is 16.0. The van der Waals surface area contributed by atoms with Crippen LogP contribution in [0.25, 0.3) is 16.6 Å². The van der Waals surface area contributed by atoms with E-state index in [9.17, 15) is 0 Å². The molecule has 6 heteroatoms. The fourth-order valence-electron chi connectivity index (χ4n) is 4.24. The minimum atomic E-state index is 0.491. The van der Waals surface area contributed by atoms with Crippen molar-refractivity contribution in [2.75, 3.05) is 18.0 Å². The summed E-state index contributed by atoms with van der Waals surface area (Å²) in [5, 5.41) is 4.51. The van der Waals surface area contributed by atoms with Gasteiger partial charge in [0.05, 0.1) is 16.7 Å². The fourth-order valence-corrected chi connectivity index (χ4v) is 4.24. The molecule has 0 aliphatic carbocycles. The summed E-state index contributed by atoms with van der Waals surface area (Å²) in [6.45, 7) is 6.13. The minimum Gasteiger partial charge on any atom is -0.355 e. The standard InChI is InChI=1S/C20H22N6/c1-14-13-19-20(21-9-12-25(19)23-14)24-10-7-16(8-11-24)26-15(2)22-17-5-3-4-6-18(17)26/h3-6,9,12-13,16H,7-8,10-11H2,1-2H3. The van der Waals surface area contributed by atoms with Crippen molar-refractivity contribution < 1.29 is 0 Å². The first-order valence-corrected chi connectivity index (χ1v) is 9.20. The van der Waals surface area contributed by atoms with Crippen molar-refractivity contribution in [2.24, 2.45) is 0 Å². The maximum atomic E-state index is 4.73. The van der Waals surface area contributed by atoms with Gasteiger partial charge in [-0.05, 0) is 44.9 Å². The molecule has 6 nitrogen and oxygen atoms in total. The van der Waals surface area contributed by atoms with Crippen molar-refractivity contribution >= 4 is 22.4 Å². The van der Waals surface area contributed by atoms with Crippen LogP contribution in [-0.4, -0.2) is 37.2 Å². The van der Waals surface area contributed by atoms with Gasteiger partial charge < -0.3 is 9.47 Å². The quantitative estimate of drug-likeness (QED) is 0.557. The van der Waals surface area contributed by atoms with Crippen LogP contribution in [0.4, 0.5) is 5.82 Å². The first kappa shape index (κ1) is 15.4. The summed E-state index contributed by atoms with van der Waals surface area (Å²) in [6, 6.07) is 11.0. The Morgan fingerprint density at radius 3 is 2.69 bits per heavy atom. The Bertz CT molecular complexity index is 1080. The second-order valence-electron chi connectivity index (χ2n) is 7.10. The van der Waals surface area contributed by atoms with E-state index in [0.717, 1.165) is 54.3 Å². The third kappa shape index (κ3) is 2.36. The number of anilines is 1. The van der Waals surface area contributed by atoms with Crippen LogP contribution in [0.3, 0.4) is 0 Å². The zero-order valence-electron chi connectivity index (χ0n) is 15.1. The molecule has 1 aliphatic heterocycles. The third-order valence-corrected chi connectivity index (χ3v) is 5.39. The maximum Gasteiger partial charge on any atom is 0.154 e. The van der Waals surface area contributed by atoms with Crippen LogP contribution in [0, 0.1) is 13.8 Å². The highest BCUT2D eigenvalue weighted by atomic mass is 15.3. The van der Waals surface area contributed by atoms with Crippen LogP contribution in [-0.2, 0) is 0 Å². The molecule has 26 heavy (non-hydrogen) atoms. The molecule has 0 saturated carbocycles. The lowest BCUT2D eigenvalue weighted by Gasteiger charge is -2.34. The summed E-state index contributed by atoms with van der Waals surface area (Å²) >= 11 is 0. The van der Waals surface area contributed by atoms with Crippen molar-refractivity contribution in [1.29, 1.82) is 0 Å². The molecule has 1 aliphatic rings. The van der Waals surface area contributed by atoms with Gasteiger partial charge in [0.15, 0.2) is 5.82 Å². The number of nitrogens with zero attached hydrogens (tertiary/aromatic N) is 6. The Morgan fingerprint density at radius 1 is 1.04 bits per heavy atom. The molecule has 0 bridgehead atoms. The highest BCUT2D eigenvalue weighted by molar-refractivity contribution is 5.76.